The highest BCUT2D eigenvalue weighted by atomic mass is 19.1. The number of hydrogen-bond acceptors (Lipinski definition) is 4. The van der Waals surface area contributed by atoms with Crippen LogP contribution in [0.1, 0.15) is 25.7 Å². The van der Waals surface area contributed by atoms with E-state index in [1.807, 2.05) is 0 Å². The fourth-order valence-corrected chi connectivity index (χ4v) is 2.44. The number of nitrogens with one attached hydrogen (secondary N) is 1. The van der Waals surface area contributed by atoms with Crippen LogP contribution in [-0.4, -0.2) is 11.0 Å². The molecule has 1 N–H and O–H groups in total. The maximum absolute atomic E-state index is 13.2. The molecule has 2 atom stereocenters. The van der Waals surface area contributed by atoms with Crippen molar-refractivity contribution in [2.45, 2.75) is 31.7 Å². The van der Waals surface area contributed by atoms with E-state index in [9.17, 15) is 14.5 Å². The molecule has 0 spiro atoms. The van der Waals surface area contributed by atoms with Crippen molar-refractivity contribution in [3.63, 3.8) is 0 Å². The van der Waals surface area contributed by atoms with E-state index in [1.165, 1.54) is 0 Å². The number of nitro benzene ring substituents is 1. The molecule has 2 unspecified atom stereocenters. The van der Waals surface area contributed by atoms with Crippen molar-refractivity contribution in [3.8, 4) is 6.07 Å². The summed E-state index contributed by atoms with van der Waals surface area (Å²) in [6, 6.07) is 5.57. The quantitative estimate of drug-likeness (QED) is 0.670. The molecule has 1 aliphatic rings. The number of benzene rings is 1. The summed E-state index contributed by atoms with van der Waals surface area (Å²) in [7, 11) is 0. The molecule has 0 aromatic heterocycles. The van der Waals surface area contributed by atoms with Crippen molar-refractivity contribution < 1.29 is 9.31 Å². The second-order valence-corrected chi connectivity index (χ2v) is 4.75. The number of halogens is 1. The maximum Gasteiger partial charge on any atom is 0.292 e. The SMILES string of the molecule is N#CC1CCCC(Nc2cc(F)ccc2[N+](=O)[O-])C1. The van der Waals surface area contributed by atoms with E-state index < -0.39 is 10.7 Å². The van der Waals surface area contributed by atoms with Crippen LogP contribution in [0.4, 0.5) is 15.8 Å². The number of hydrogen-bond donors (Lipinski definition) is 1. The van der Waals surface area contributed by atoms with E-state index in [1.54, 1.807) is 0 Å². The molecule has 1 saturated carbocycles. The number of nitro groups is 1. The molecule has 1 aliphatic carbocycles. The molecule has 0 bridgehead atoms. The van der Waals surface area contributed by atoms with Crippen LogP contribution in [0.2, 0.25) is 0 Å². The molecule has 100 valence electrons. The molecule has 6 heteroatoms. The first-order valence-electron chi connectivity index (χ1n) is 6.20. The van der Waals surface area contributed by atoms with E-state index >= 15 is 0 Å². The molecule has 5 nitrogen and oxygen atoms in total. The predicted octanol–water partition coefficient (Wildman–Crippen LogP) is 3.23. The maximum atomic E-state index is 13.2. The summed E-state index contributed by atoms with van der Waals surface area (Å²) < 4.78 is 13.2. The number of rotatable bonds is 3. The summed E-state index contributed by atoms with van der Waals surface area (Å²) in [5.74, 6) is -0.542. The van der Waals surface area contributed by atoms with E-state index in [2.05, 4.69) is 11.4 Å². The van der Waals surface area contributed by atoms with E-state index in [-0.39, 0.29) is 23.3 Å². The van der Waals surface area contributed by atoms with Crippen LogP contribution >= 0.6 is 0 Å². The van der Waals surface area contributed by atoms with Crippen LogP contribution in [0.5, 0.6) is 0 Å². The van der Waals surface area contributed by atoms with Crippen LogP contribution in [-0.2, 0) is 0 Å². The predicted molar refractivity (Wildman–Crippen MR) is 68.0 cm³/mol. The largest absolute Gasteiger partial charge is 0.377 e. The van der Waals surface area contributed by atoms with Gasteiger partial charge in [-0.25, -0.2) is 4.39 Å². The number of nitriles is 1. The topological polar surface area (TPSA) is 79.0 Å². The second kappa shape index (κ2) is 5.65. The van der Waals surface area contributed by atoms with Gasteiger partial charge in [-0.1, -0.05) is 6.42 Å². The smallest absolute Gasteiger partial charge is 0.292 e. The van der Waals surface area contributed by atoms with Gasteiger partial charge in [0.15, 0.2) is 0 Å². The van der Waals surface area contributed by atoms with Gasteiger partial charge in [-0.2, -0.15) is 5.26 Å². The Morgan fingerprint density at radius 3 is 2.95 bits per heavy atom. The Morgan fingerprint density at radius 2 is 2.26 bits per heavy atom. The zero-order valence-electron chi connectivity index (χ0n) is 10.3. The Kier molecular flexibility index (Phi) is 3.95. The molecule has 19 heavy (non-hydrogen) atoms. The van der Waals surface area contributed by atoms with Gasteiger partial charge in [0.1, 0.15) is 11.5 Å². The molecule has 2 rings (SSSR count). The highest BCUT2D eigenvalue weighted by Crippen LogP contribution is 2.30. The summed E-state index contributed by atoms with van der Waals surface area (Å²) in [6.07, 6.45) is 3.24. The van der Waals surface area contributed by atoms with Crippen molar-refractivity contribution in [1.29, 1.82) is 5.26 Å². The van der Waals surface area contributed by atoms with E-state index in [4.69, 9.17) is 5.26 Å². The highest BCUT2D eigenvalue weighted by molar-refractivity contribution is 5.61. The summed E-state index contributed by atoms with van der Waals surface area (Å²) in [5, 5.41) is 22.8. The minimum atomic E-state index is -0.535. The minimum Gasteiger partial charge on any atom is -0.377 e. The lowest BCUT2D eigenvalue weighted by atomic mass is 9.86. The average molecular weight is 263 g/mol. The van der Waals surface area contributed by atoms with Crippen molar-refractivity contribution in [1.82, 2.24) is 0 Å². The van der Waals surface area contributed by atoms with Gasteiger partial charge in [0.05, 0.1) is 11.0 Å². The molecule has 0 radical (unpaired) electrons. The van der Waals surface area contributed by atoms with Crippen molar-refractivity contribution in [2.24, 2.45) is 5.92 Å². The van der Waals surface area contributed by atoms with Crippen LogP contribution in [0, 0.1) is 33.2 Å². The zero-order chi connectivity index (χ0) is 13.8. The Labute approximate surface area is 110 Å². The molecule has 0 saturated heterocycles. The van der Waals surface area contributed by atoms with Crippen molar-refractivity contribution in [2.75, 3.05) is 5.32 Å². The number of anilines is 1. The lowest BCUT2D eigenvalue weighted by molar-refractivity contribution is -0.384. The Hall–Kier alpha value is -2.16. The van der Waals surface area contributed by atoms with Gasteiger partial charge in [-0.3, -0.25) is 10.1 Å². The molecule has 1 fully saturated rings. The molecular formula is C13H14FN3O2. The van der Waals surface area contributed by atoms with Gasteiger partial charge in [0.25, 0.3) is 5.69 Å². The molecule has 0 amide bonds. The third-order valence-corrected chi connectivity index (χ3v) is 3.37. The second-order valence-electron chi connectivity index (χ2n) is 4.75. The zero-order valence-corrected chi connectivity index (χ0v) is 10.3. The lowest BCUT2D eigenvalue weighted by Crippen LogP contribution is -2.27. The normalized spacial score (nSPS) is 22.5. The molecule has 0 aliphatic heterocycles. The van der Waals surface area contributed by atoms with Crippen LogP contribution < -0.4 is 5.32 Å². The van der Waals surface area contributed by atoms with Crippen LogP contribution in [0.15, 0.2) is 18.2 Å². The summed E-state index contributed by atoms with van der Waals surface area (Å²) in [6.45, 7) is 0. The standard InChI is InChI=1S/C13H14FN3O2/c14-10-4-5-13(17(18)19)12(7-10)16-11-3-1-2-9(6-11)8-15/h4-5,7,9,11,16H,1-3,6H2. The average Bonchev–Trinajstić information content (AvgIpc) is 2.38. The molecule has 1 aromatic carbocycles. The first kappa shape index (κ1) is 13.3. The van der Waals surface area contributed by atoms with E-state index in [0.29, 0.717) is 6.42 Å². The van der Waals surface area contributed by atoms with Crippen LogP contribution in [0.3, 0.4) is 0 Å². The fraction of sp³-hybridized carbons (Fsp3) is 0.462. The highest BCUT2D eigenvalue weighted by Gasteiger charge is 2.24. The Balaban J connectivity index is 2.16. The Bertz CT molecular complexity index is 527. The summed E-state index contributed by atoms with van der Waals surface area (Å²) in [5.41, 5.74) is 0.0501. The van der Waals surface area contributed by atoms with Crippen LogP contribution in [0.25, 0.3) is 0 Å². The third kappa shape index (κ3) is 3.19. The fourth-order valence-electron chi connectivity index (χ4n) is 2.44. The van der Waals surface area contributed by atoms with Gasteiger partial charge in [0, 0.05) is 24.1 Å². The molecule has 1 aromatic rings. The van der Waals surface area contributed by atoms with Crippen molar-refractivity contribution >= 4 is 11.4 Å². The minimum absolute atomic E-state index is 0.0149. The Morgan fingerprint density at radius 1 is 1.47 bits per heavy atom. The van der Waals surface area contributed by atoms with Gasteiger partial charge < -0.3 is 5.32 Å². The molecular weight excluding hydrogens is 249 g/mol. The van der Waals surface area contributed by atoms with Gasteiger partial charge in [-0.15, -0.1) is 0 Å². The van der Waals surface area contributed by atoms with Gasteiger partial charge in [0.2, 0.25) is 0 Å². The first-order valence-corrected chi connectivity index (χ1v) is 6.20. The molecule has 0 heterocycles. The number of nitrogens with zero attached hydrogens (tertiary/aromatic N) is 2. The van der Waals surface area contributed by atoms with E-state index in [0.717, 1.165) is 37.5 Å². The van der Waals surface area contributed by atoms with Gasteiger partial charge in [-0.05, 0) is 25.3 Å². The van der Waals surface area contributed by atoms with Crippen molar-refractivity contribution in [3.05, 3.63) is 34.1 Å². The van der Waals surface area contributed by atoms with Gasteiger partial charge >= 0.3 is 0 Å². The lowest BCUT2D eigenvalue weighted by Gasteiger charge is -2.26. The third-order valence-electron chi connectivity index (χ3n) is 3.37. The summed E-state index contributed by atoms with van der Waals surface area (Å²) >= 11 is 0. The monoisotopic (exact) mass is 263 g/mol. The first-order chi connectivity index (χ1) is 9.10. The summed E-state index contributed by atoms with van der Waals surface area (Å²) in [4.78, 5) is 10.4.